The van der Waals surface area contributed by atoms with Gasteiger partial charge in [0.25, 0.3) is 0 Å². The third-order valence-electron chi connectivity index (χ3n) is 5.76. The Labute approximate surface area is 164 Å². The fourth-order valence-corrected chi connectivity index (χ4v) is 4.10. The summed E-state index contributed by atoms with van der Waals surface area (Å²) in [6.07, 6.45) is 8.07. The number of hydrogen-bond acceptors (Lipinski definition) is 3. The van der Waals surface area contributed by atoms with Gasteiger partial charge in [-0.1, -0.05) is 43.5 Å². The molecule has 27 heavy (non-hydrogen) atoms. The Hall–Kier alpha value is -1.59. The van der Waals surface area contributed by atoms with Crippen molar-refractivity contribution in [2.75, 3.05) is 26.2 Å². The van der Waals surface area contributed by atoms with E-state index in [9.17, 15) is 5.11 Å². The van der Waals surface area contributed by atoms with Crippen molar-refractivity contribution >= 4 is 5.96 Å². The molecule has 2 fully saturated rings. The maximum absolute atomic E-state index is 10.5. The van der Waals surface area contributed by atoms with Gasteiger partial charge in [-0.25, -0.2) is 4.99 Å². The minimum Gasteiger partial charge on any atom is -0.388 e. The molecule has 0 radical (unpaired) electrons. The summed E-state index contributed by atoms with van der Waals surface area (Å²) in [6, 6.07) is 8.86. The Morgan fingerprint density at radius 2 is 1.67 bits per heavy atom. The molecule has 0 atom stereocenters. The van der Waals surface area contributed by atoms with Gasteiger partial charge in [0.1, 0.15) is 0 Å². The number of nitrogens with one attached hydrogen (secondary N) is 2. The number of aliphatic hydroxyl groups is 1. The van der Waals surface area contributed by atoms with Gasteiger partial charge < -0.3 is 15.7 Å². The average Bonchev–Trinajstić information content (AvgIpc) is 3.13. The summed E-state index contributed by atoms with van der Waals surface area (Å²) in [5, 5.41) is 17.1. The second-order valence-electron chi connectivity index (χ2n) is 8.13. The molecule has 1 aromatic carbocycles. The summed E-state index contributed by atoms with van der Waals surface area (Å²) in [5.41, 5.74) is 2.04. The van der Waals surface area contributed by atoms with Gasteiger partial charge in [0.2, 0.25) is 0 Å². The molecule has 0 amide bonds. The first-order valence-electron chi connectivity index (χ1n) is 10.7. The van der Waals surface area contributed by atoms with E-state index in [0.29, 0.717) is 13.1 Å². The molecule has 1 heterocycles. The molecule has 1 saturated heterocycles. The molecule has 5 nitrogen and oxygen atoms in total. The highest BCUT2D eigenvalue weighted by Crippen LogP contribution is 2.28. The number of guanidine groups is 1. The molecular formula is C22H36N4O. The lowest BCUT2D eigenvalue weighted by molar-refractivity contribution is 0.0522. The van der Waals surface area contributed by atoms with E-state index in [1.165, 1.54) is 43.5 Å². The third-order valence-corrected chi connectivity index (χ3v) is 5.76. The van der Waals surface area contributed by atoms with Crippen LogP contribution < -0.4 is 10.6 Å². The second-order valence-corrected chi connectivity index (χ2v) is 8.13. The Balaban J connectivity index is 1.50. The van der Waals surface area contributed by atoms with Crippen molar-refractivity contribution in [3.63, 3.8) is 0 Å². The monoisotopic (exact) mass is 372 g/mol. The van der Waals surface area contributed by atoms with E-state index in [0.717, 1.165) is 44.7 Å². The Morgan fingerprint density at radius 3 is 2.33 bits per heavy atom. The number of likely N-dealkylation sites (tertiary alicyclic amines) is 1. The van der Waals surface area contributed by atoms with Crippen molar-refractivity contribution in [2.24, 2.45) is 4.99 Å². The highest BCUT2D eigenvalue weighted by atomic mass is 16.3. The Kier molecular flexibility index (Phi) is 7.53. The predicted molar refractivity (Wildman–Crippen MR) is 112 cm³/mol. The van der Waals surface area contributed by atoms with Gasteiger partial charge in [0, 0.05) is 19.6 Å². The number of hydrogen-bond donors (Lipinski definition) is 3. The minimum absolute atomic E-state index is 0.563. The van der Waals surface area contributed by atoms with Crippen LogP contribution in [0.25, 0.3) is 0 Å². The van der Waals surface area contributed by atoms with E-state index in [4.69, 9.17) is 4.99 Å². The van der Waals surface area contributed by atoms with Gasteiger partial charge in [-0.2, -0.15) is 0 Å². The zero-order valence-corrected chi connectivity index (χ0v) is 16.8. The first-order valence-corrected chi connectivity index (χ1v) is 10.7. The molecule has 1 saturated carbocycles. The molecule has 1 aliphatic carbocycles. The smallest absolute Gasteiger partial charge is 0.191 e. The normalized spacial score (nSPS) is 20.6. The third kappa shape index (κ3) is 6.51. The maximum Gasteiger partial charge on any atom is 0.191 e. The lowest BCUT2D eigenvalue weighted by atomic mass is 10.0. The van der Waals surface area contributed by atoms with Gasteiger partial charge >= 0.3 is 0 Å². The molecule has 1 aliphatic heterocycles. The van der Waals surface area contributed by atoms with Crippen molar-refractivity contribution in [3.8, 4) is 0 Å². The average molecular weight is 373 g/mol. The zero-order valence-electron chi connectivity index (χ0n) is 16.8. The van der Waals surface area contributed by atoms with Gasteiger partial charge in [0.15, 0.2) is 5.96 Å². The molecule has 150 valence electrons. The highest BCUT2D eigenvalue weighted by molar-refractivity contribution is 5.79. The van der Waals surface area contributed by atoms with E-state index in [1.54, 1.807) is 0 Å². The summed E-state index contributed by atoms with van der Waals surface area (Å²) >= 11 is 0. The zero-order chi connectivity index (χ0) is 19.0. The number of rotatable bonds is 7. The van der Waals surface area contributed by atoms with Crippen molar-refractivity contribution in [2.45, 2.75) is 70.6 Å². The van der Waals surface area contributed by atoms with Gasteiger partial charge in [-0.3, -0.25) is 4.90 Å². The molecule has 3 rings (SSSR count). The molecule has 0 aromatic heterocycles. The fourth-order valence-electron chi connectivity index (χ4n) is 4.10. The Bertz CT molecular complexity index is 587. The van der Waals surface area contributed by atoms with Crippen LogP contribution in [-0.2, 0) is 13.1 Å². The van der Waals surface area contributed by atoms with Crippen LogP contribution in [-0.4, -0.2) is 47.7 Å². The van der Waals surface area contributed by atoms with Crippen LogP contribution in [0.1, 0.15) is 63.0 Å². The maximum atomic E-state index is 10.5. The summed E-state index contributed by atoms with van der Waals surface area (Å²) in [6.45, 7) is 7.64. The molecule has 0 bridgehead atoms. The molecular weight excluding hydrogens is 336 g/mol. The van der Waals surface area contributed by atoms with Gasteiger partial charge in [-0.15, -0.1) is 0 Å². The van der Waals surface area contributed by atoms with E-state index in [1.807, 2.05) is 0 Å². The topological polar surface area (TPSA) is 59.9 Å². The van der Waals surface area contributed by atoms with Crippen molar-refractivity contribution in [3.05, 3.63) is 35.4 Å². The van der Waals surface area contributed by atoms with E-state index >= 15 is 0 Å². The van der Waals surface area contributed by atoms with Crippen LogP contribution >= 0.6 is 0 Å². The predicted octanol–water partition coefficient (Wildman–Crippen LogP) is 3.03. The molecule has 5 heteroatoms. The summed E-state index contributed by atoms with van der Waals surface area (Å²) < 4.78 is 0. The van der Waals surface area contributed by atoms with Gasteiger partial charge in [-0.05, 0) is 56.8 Å². The fraction of sp³-hybridized carbons (Fsp3) is 0.682. The minimum atomic E-state index is -0.563. The number of aliphatic imine (C=N–C) groups is 1. The molecule has 1 aromatic rings. The van der Waals surface area contributed by atoms with Crippen LogP contribution in [0.15, 0.2) is 29.3 Å². The Morgan fingerprint density at radius 1 is 1.00 bits per heavy atom. The first-order chi connectivity index (χ1) is 13.2. The van der Waals surface area contributed by atoms with Crippen LogP contribution in [0, 0.1) is 0 Å². The van der Waals surface area contributed by atoms with Crippen LogP contribution in [0.2, 0.25) is 0 Å². The standard InChI is InChI=1S/C22H36N4O/c1-2-23-21(25-18-22(27)12-4-5-13-22)24-16-19-8-10-20(11-9-19)17-26-14-6-3-7-15-26/h8-11,27H,2-7,12-18H2,1H3,(H2,23,24,25). The molecule has 2 aliphatic rings. The van der Waals surface area contributed by atoms with Crippen molar-refractivity contribution in [1.82, 2.24) is 15.5 Å². The molecule has 3 N–H and O–H groups in total. The van der Waals surface area contributed by atoms with E-state index < -0.39 is 5.60 Å². The van der Waals surface area contributed by atoms with Gasteiger partial charge in [0.05, 0.1) is 12.1 Å². The molecule has 0 spiro atoms. The molecule has 0 unspecified atom stereocenters. The van der Waals surface area contributed by atoms with Crippen LogP contribution in [0.3, 0.4) is 0 Å². The van der Waals surface area contributed by atoms with Crippen LogP contribution in [0.4, 0.5) is 0 Å². The van der Waals surface area contributed by atoms with Crippen molar-refractivity contribution in [1.29, 1.82) is 0 Å². The summed E-state index contributed by atoms with van der Waals surface area (Å²) in [5.74, 6) is 0.787. The second kappa shape index (κ2) is 10.1. The van der Waals surface area contributed by atoms with E-state index in [2.05, 4.69) is 46.7 Å². The number of benzene rings is 1. The van der Waals surface area contributed by atoms with Crippen LogP contribution in [0.5, 0.6) is 0 Å². The van der Waals surface area contributed by atoms with Crippen molar-refractivity contribution < 1.29 is 5.11 Å². The number of piperidine rings is 1. The lowest BCUT2D eigenvalue weighted by Crippen LogP contribution is -2.46. The first kappa shape index (κ1) is 20.2. The highest BCUT2D eigenvalue weighted by Gasteiger charge is 2.30. The summed E-state index contributed by atoms with van der Waals surface area (Å²) in [7, 11) is 0. The SMILES string of the molecule is CCNC(=NCc1ccc(CN2CCCCC2)cc1)NCC1(O)CCCC1. The largest absolute Gasteiger partial charge is 0.388 e. The summed E-state index contributed by atoms with van der Waals surface area (Å²) in [4.78, 5) is 7.25. The quantitative estimate of drug-likeness (QED) is 0.509. The number of nitrogens with zero attached hydrogens (tertiary/aromatic N) is 2. The lowest BCUT2D eigenvalue weighted by Gasteiger charge is -2.26. The van der Waals surface area contributed by atoms with E-state index in [-0.39, 0.29) is 0 Å².